The van der Waals surface area contributed by atoms with Gasteiger partial charge in [-0.3, -0.25) is 9.89 Å². The number of halogens is 1. The molecular formula is C19H25FN4OS. The van der Waals surface area contributed by atoms with E-state index in [1.807, 2.05) is 0 Å². The number of benzene rings is 1. The minimum atomic E-state index is -0.612. The van der Waals surface area contributed by atoms with Crippen LogP contribution in [-0.4, -0.2) is 42.6 Å². The van der Waals surface area contributed by atoms with Crippen molar-refractivity contribution in [2.24, 2.45) is 4.99 Å². The lowest BCUT2D eigenvalue weighted by Crippen LogP contribution is -2.42. The number of aromatic hydroxyl groups is 1. The summed E-state index contributed by atoms with van der Waals surface area (Å²) in [4.78, 5) is 8.13. The second-order valence-corrected chi connectivity index (χ2v) is 7.35. The van der Waals surface area contributed by atoms with Crippen molar-refractivity contribution in [1.29, 1.82) is 0 Å². The van der Waals surface area contributed by atoms with Gasteiger partial charge in [0.2, 0.25) is 0 Å². The molecule has 3 N–H and O–H groups in total. The fourth-order valence-electron chi connectivity index (χ4n) is 3.20. The van der Waals surface area contributed by atoms with E-state index in [4.69, 9.17) is 0 Å². The van der Waals surface area contributed by atoms with Crippen LogP contribution in [0.15, 0.2) is 40.7 Å². The Labute approximate surface area is 157 Å². The molecule has 140 valence electrons. The summed E-state index contributed by atoms with van der Waals surface area (Å²) >= 11 is 1.78. The van der Waals surface area contributed by atoms with Gasteiger partial charge in [-0.15, -0.1) is 11.3 Å². The summed E-state index contributed by atoms with van der Waals surface area (Å²) in [5.41, 5.74) is 0.748. The maximum Gasteiger partial charge on any atom is 0.191 e. The third kappa shape index (κ3) is 4.74. The van der Waals surface area contributed by atoms with Crippen molar-refractivity contribution in [2.75, 3.05) is 26.7 Å². The Bertz CT molecular complexity index is 729. The predicted molar refractivity (Wildman–Crippen MR) is 104 cm³/mol. The minimum absolute atomic E-state index is 0.333. The van der Waals surface area contributed by atoms with Crippen molar-refractivity contribution in [3.8, 4) is 5.75 Å². The number of rotatable bonds is 6. The second kappa shape index (κ2) is 9.00. The molecule has 0 aliphatic carbocycles. The number of hydrogen-bond acceptors (Lipinski definition) is 4. The maximum atomic E-state index is 13.4. The number of hydrogen-bond donors (Lipinski definition) is 3. The summed E-state index contributed by atoms with van der Waals surface area (Å²) in [7, 11) is 1.72. The number of likely N-dealkylation sites (tertiary alicyclic amines) is 1. The maximum absolute atomic E-state index is 13.4. The van der Waals surface area contributed by atoms with Gasteiger partial charge in [-0.2, -0.15) is 0 Å². The molecule has 0 bridgehead atoms. The molecule has 1 fully saturated rings. The first kappa shape index (κ1) is 18.7. The molecule has 0 amide bonds. The number of thiophene rings is 1. The van der Waals surface area contributed by atoms with Crippen LogP contribution >= 0.6 is 11.3 Å². The zero-order valence-electron chi connectivity index (χ0n) is 14.9. The van der Waals surface area contributed by atoms with Crippen LogP contribution in [0, 0.1) is 5.82 Å². The summed E-state index contributed by atoms with van der Waals surface area (Å²) in [6.07, 6.45) is 2.50. The van der Waals surface area contributed by atoms with Crippen LogP contribution in [0.25, 0.3) is 0 Å². The third-order valence-electron chi connectivity index (χ3n) is 4.61. The molecule has 0 radical (unpaired) electrons. The smallest absolute Gasteiger partial charge is 0.191 e. The fourth-order valence-corrected chi connectivity index (χ4v) is 4.06. The Hall–Kier alpha value is -2.12. The molecular weight excluding hydrogens is 351 g/mol. The molecule has 1 aliphatic heterocycles. The van der Waals surface area contributed by atoms with Crippen molar-refractivity contribution in [2.45, 2.75) is 25.4 Å². The number of phenols is 1. The van der Waals surface area contributed by atoms with Gasteiger partial charge in [0.05, 0.1) is 6.04 Å². The molecule has 0 spiro atoms. The average molecular weight is 377 g/mol. The molecule has 7 heteroatoms. The number of aliphatic imine (C=N–C) groups is 1. The summed E-state index contributed by atoms with van der Waals surface area (Å²) in [6.45, 7) is 3.46. The van der Waals surface area contributed by atoms with Crippen LogP contribution in [-0.2, 0) is 6.54 Å². The quantitative estimate of drug-likeness (QED) is 0.536. The molecule has 0 saturated carbocycles. The second-order valence-electron chi connectivity index (χ2n) is 6.37. The molecule has 2 aromatic rings. The number of guanidine groups is 1. The van der Waals surface area contributed by atoms with E-state index in [9.17, 15) is 9.50 Å². The van der Waals surface area contributed by atoms with Gasteiger partial charge in [-0.1, -0.05) is 12.1 Å². The van der Waals surface area contributed by atoms with E-state index in [0.717, 1.165) is 25.2 Å². The summed E-state index contributed by atoms with van der Waals surface area (Å²) in [5, 5.41) is 18.0. The van der Waals surface area contributed by atoms with Gasteiger partial charge in [-0.25, -0.2) is 4.39 Å². The molecule has 5 nitrogen and oxygen atoms in total. The number of phenolic OH excluding ortho intramolecular Hbond substituents is 1. The van der Waals surface area contributed by atoms with E-state index in [0.29, 0.717) is 18.5 Å². The molecule has 26 heavy (non-hydrogen) atoms. The Morgan fingerprint density at radius 3 is 2.77 bits per heavy atom. The molecule has 1 unspecified atom stereocenters. The Morgan fingerprint density at radius 2 is 2.12 bits per heavy atom. The van der Waals surface area contributed by atoms with E-state index in [2.05, 4.69) is 38.0 Å². The summed E-state index contributed by atoms with van der Waals surface area (Å²) in [5.74, 6) is -0.265. The standard InChI is InChI=1S/C19H25FN4OS/c1-21-19(22-12-14-6-7-17(25)15(20)11-14)23-13-16(18-5-4-10-26-18)24-8-2-3-9-24/h4-7,10-11,16,25H,2-3,8-9,12-13H2,1H3,(H2,21,22,23). The Balaban J connectivity index is 1.57. The lowest BCUT2D eigenvalue weighted by atomic mass is 10.2. The zero-order valence-corrected chi connectivity index (χ0v) is 15.7. The van der Waals surface area contributed by atoms with Crippen LogP contribution in [0.4, 0.5) is 4.39 Å². The molecule has 2 heterocycles. The summed E-state index contributed by atoms with van der Waals surface area (Å²) in [6, 6.07) is 9.00. The highest BCUT2D eigenvalue weighted by atomic mass is 32.1. The average Bonchev–Trinajstić information content (AvgIpc) is 3.35. The Morgan fingerprint density at radius 1 is 1.31 bits per heavy atom. The van der Waals surface area contributed by atoms with Crippen LogP contribution in [0.5, 0.6) is 5.75 Å². The van der Waals surface area contributed by atoms with Crippen molar-refractivity contribution in [3.63, 3.8) is 0 Å². The van der Waals surface area contributed by atoms with E-state index in [1.54, 1.807) is 24.5 Å². The van der Waals surface area contributed by atoms with Crippen molar-refractivity contribution < 1.29 is 9.50 Å². The van der Waals surface area contributed by atoms with Crippen molar-refractivity contribution >= 4 is 17.3 Å². The molecule has 1 aliphatic rings. The molecule has 1 atom stereocenters. The molecule has 1 saturated heterocycles. The van der Waals surface area contributed by atoms with Gasteiger partial charge < -0.3 is 15.7 Å². The lowest BCUT2D eigenvalue weighted by Gasteiger charge is -2.27. The van der Waals surface area contributed by atoms with Crippen molar-refractivity contribution in [1.82, 2.24) is 15.5 Å². The number of nitrogens with one attached hydrogen (secondary N) is 2. The van der Waals surface area contributed by atoms with Gasteiger partial charge >= 0.3 is 0 Å². The lowest BCUT2D eigenvalue weighted by molar-refractivity contribution is 0.249. The highest BCUT2D eigenvalue weighted by Gasteiger charge is 2.24. The normalized spacial score (nSPS) is 16.6. The van der Waals surface area contributed by atoms with Gasteiger partial charge in [0.1, 0.15) is 0 Å². The highest BCUT2D eigenvalue weighted by Crippen LogP contribution is 2.27. The van der Waals surface area contributed by atoms with E-state index in [-0.39, 0.29) is 5.75 Å². The van der Waals surface area contributed by atoms with Crippen LogP contribution in [0.2, 0.25) is 0 Å². The molecule has 1 aromatic heterocycles. The van der Waals surface area contributed by atoms with E-state index in [1.165, 1.54) is 29.9 Å². The fraction of sp³-hybridized carbons (Fsp3) is 0.421. The van der Waals surface area contributed by atoms with Gasteiger partial charge in [-0.05, 0) is 55.1 Å². The SMILES string of the molecule is CN=C(NCc1ccc(O)c(F)c1)NCC(c1cccs1)N1CCCC1. The molecule has 1 aromatic carbocycles. The zero-order chi connectivity index (χ0) is 18.4. The van der Waals surface area contributed by atoms with Gasteiger partial charge in [0.15, 0.2) is 17.5 Å². The van der Waals surface area contributed by atoms with E-state index >= 15 is 0 Å². The van der Waals surface area contributed by atoms with Crippen LogP contribution in [0.1, 0.15) is 29.3 Å². The first-order chi connectivity index (χ1) is 12.7. The molecule has 3 rings (SSSR count). The van der Waals surface area contributed by atoms with Gasteiger partial charge in [0.25, 0.3) is 0 Å². The predicted octanol–water partition coefficient (Wildman–Crippen LogP) is 3.09. The van der Waals surface area contributed by atoms with Crippen LogP contribution < -0.4 is 10.6 Å². The third-order valence-corrected chi connectivity index (χ3v) is 5.59. The van der Waals surface area contributed by atoms with E-state index < -0.39 is 5.82 Å². The van der Waals surface area contributed by atoms with Crippen molar-refractivity contribution in [3.05, 3.63) is 52.0 Å². The van der Waals surface area contributed by atoms with Crippen LogP contribution in [0.3, 0.4) is 0 Å². The van der Waals surface area contributed by atoms with Gasteiger partial charge in [0, 0.05) is 25.0 Å². The monoisotopic (exact) mass is 376 g/mol. The number of nitrogens with zero attached hydrogens (tertiary/aromatic N) is 2. The Kier molecular flexibility index (Phi) is 6.46. The summed E-state index contributed by atoms with van der Waals surface area (Å²) < 4.78 is 13.4. The highest BCUT2D eigenvalue weighted by molar-refractivity contribution is 7.10. The topological polar surface area (TPSA) is 59.9 Å². The minimum Gasteiger partial charge on any atom is -0.505 e. The largest absolute Gasteiger partial charge is 0.505 e. The first-order valence-corrected chi connectivity index (χ1v) is 9.74. The first-order valence-electron chi connectivity index (χ1n) is 8.86.